The molecule has 0 saturated carbocycles. The monoisotopic (exact) mass is 744 g/mol. The van der Waals surface area contributed by atoms with Crippen molar-refractivity contribution in [2.45, 2.75) is 65.7 Å². The topological polar surface area (TPSA) is 189 Å². The molecule has 0 aliphatic heterocycles. The zero-order valence-corrected chi connectivity index (χ0v) is 31.2. The molecule has 1 heterocycles. The largest absolute Gasteiger partial charge is 0.508 e. The number of ketones is 1. The van der Waals surface area contributed by atoms with Crippen molar-refractivity contribution in [2.24, 2.45) is 5.92 Å². The van der Waals surface area contributed by atoms with E-state index in [0.717, 1.165) is 28.9 Å². The van der Waals surface area contributed by atoms with E-state index in [9.17, 15) is 40.5 Å². The second-order valence-electron chi connectivity index (χ2n) is 14.7. The Hall–Kier alpha value is -6.42. The predicted octanol–water partition coefficient (Wildman–Crippen LogP) is 9.13. The van der Waals surface area contributed by atoms with Gasteiger partial charge in [0.25, 0.3) is 0 Å². The molecule has 5 aromatic rings. The van der Waals surface area contributed by atoms with E-state index in [2.05, 4.69) is 0 Å². The molecule has 6 rings (SSSR count). The molecule has 3 unspecified atom stereocenters. The lowest BCUT2D eigenvalue weighted by molar-refractivity contribution is 0.0878. The smallest absolute Gasteiger partial charge is 0.200 e. The number of hydrogen-bond donors (Lipinski definition) is 7. The van der Waals surface area contributed by atoms with Crippen LogP contribution in [0.4, 0.5) is 0 Å². The van der Waals surface area contributed by atoms with E-state index in [-0.39, 0.29) is 80.4 Å². The first kappa shape index (κ1) is 38.3. The molecular weight excluding hydrogens is 700 g/mol. The Bertz CT molecular complexity index is 2480. The van der Waals surface area contributed by atoms with Crippen molar-refractivity contribution in [3.05, 3.63) is 134 Å². The first-order valence-corrected chi connectivity index (χ1v) is 17.9. The summed E-state index contributed by atoms with van der Waals surface area (Å²) in [6.07, 6.45) is 6.00. The van der Waals surface area contributed by atoms with E-state index in [1.807, 2.05) is 40.7 Å². The third kappa shape index (κ3) is 7.40. The molecule has 0 fully saturated rings. The van der Waals surface area contributed by atoms with Crippen LogP contribution in [0.15, 0.2) is 105 Å². The van der Waals surface area contributed by atoms with Gasteiger partial charge >= 0.3 is 0 Å². The number of benzene rings is 4. The number of Topliss-reactive ketones (excluding diaryl/α,β-unsaturated/α-hetero) is 1. The summed E-state index contributed by atoms with van der Waals surface area (Å²) < 4.78 is 6.54. The Morgan fingerprint density at radius 2 is 1.38 bits per heavy atom. The van der Waals surface area contributed by atoms with Gasteiger partial charge in [-0.15, -0.1) is 0 Å². The molecule has 0 radical (unpaired) electrons. The van der Waals surface area contributed by atoms with Crippen LogP contribution < -0.4 is 5.43 Å². The van der Waals surface area contributed by atoms with Gasteiger partial charge in [0.2, 0.25) is 5.43 Å². The Morgan fingerprint density at radius 1 is 0.745 bits per heavy atom. The Labute approximate surface area is 317 Å². The van der Waals surface area contributed by atoms with Crippen LogP contribution in [0.25, 0.3) is 22.3 Å². The quantitative estimate of drug-likeness (QED) is 0.0566. The molecule has 1 aliphatic carbocycles. The zero-order chi connectivity index (χ0) is 39.9. The Kier molecular flexibility index (Phi) is 10.5. The highest BCUT2D eigenvalue weighted by molar-refractivity contribution is 6.03. The predicted molar refractivity (Wildman–Crippen MR) is 210 cm³/mol. The van der Waals surface area contributed by atoms with E-state index in [4.69, 9.17) is 4.42 Å². The molecule has 3 atom stereocenters. The number of phenolic OH excluding ortho intramolecular Hbond substituents is 7. The summed E-state index contributed by atoms with van der Waals surface area (Å²) in [6, 6.07) is 14.0. The minimum atomic E-state index is -1.07. The number of phenols is 7. The van der Waals surface area contributed by atoms with E-state index < -0.39 is 46.2 Å². The molecule has 7 N–H and O–H groups in total. The fourth-order valence-corrected chi connectivity index (χ4v) is 7.50. The lowest BCUT2D eigenvalue weighted by Gasteiger charge is -2.37. The summed E-state index contributed by atoms with van der Waals surface area (Å²) in [5.74, 6) is -5.46. The van der Waals surface area contributed by atoms with E-state index in [1.54, 1.807) is 24.3 Å². The highest BCUT2D eigenvalue weighted by Crippen LogP contribution is 2.52. The fraction of sp³-hybridized carbons (Fsp3) is 0.244. The van der Waals surface area contributed by atoms with Gasteiger partial charge in [-0.2, -0.15) is 0 Å². The Balaban J connectivity index is 1.68. The number of aromatic hydroxyl groups is 7. The van der Waals surface area contributed by atoms with Gasteiger partial charge in [0.05, 0.1) is 11.1 Å². The van der Waals surface area contributed by atoms with Crippen LogP contribution >= 0.6 is 0 Å². The number of hydrogen-bond acceptors (Lipinski definition) is 10. The van der Waals surface area contributed by atoms with Crippen LogP contribution in [0.3, 0.4) is 0 Å². The van der Waals surface area contributed by atoms with Crippen LogP contribution in [0.1, 0.15) is 85.5 Å². The van der Waals surface area contributed by atoms with Crippen molar-refractivity contribution in [1.29, 1.82) is 0 Å². The molecule has 55 heavy (non-hydrogen) atoms. The summed E-state index contributed by atoms with van der Waals surface area (Å²) in [5, 5.41) is 76.3. The van der Waals surface area contributed by atoms with Crippen molar-refractivity contribution in [3.63, 3.8) is 0 Å². The highest BCUT2D eigenvalue weighted by Gasteiger charge is 2.43. The second kappa shape index (κ2) is 15.1. The summed E-state index contributed by atoms with van der Waals surface area (Å²) >= 11 is 0. The standard InChI is InChI=1S/C45H44O10/c1-22(2)6-13-28-34(48)17-16-30(41(28)52)42(53)38-32(25-8-10-26(46)11-9-25)18-24(5)19-33(38)39-36(50)21-37(51)40-43(54)31(14-7-23(3)4)44(55-45(39)40)29-15-12-27(47)20-35(29)49/h6-12,15-17,19-21,32-33,38,46-52H,13-14,18H2,1-5H3. The zero-order valence-electron chi connectivity index (χ0n) is 31.2. The lowest BCUT2D eigenvalue weighted by atomic mass is 9.65. The average Bonchev–Trinajstić information content (AvgIpc) is 3.10. The first-order chi connectivity index (χ1) is 26.1. The fourth-order valence-electron chi connectivity index (χ4n) is 7.50. The molecular formula is C45H44O10. The Morgan fingerprint density at radius 3 is 2.02 bits per heavy atom. The molecule has 284 valence electrons. The normalized spacial score (nSPS) is 16.7. The minimum Gasteiger partial charge on any atom is -0.508 e. The van der Waals surface area contributed by atoms with Crippen molar-refractivity contribution in [2.75, 3.05) is 0 Å². The number of allylic oxidation sites excluding steroid dienone is 6. The van der Waals surface area contributed by atoms with Crippen molar-refractivity contribution >= 4 is 16.8 Å². The first-order valence-electron chi connectivity index (χ1n) is 17.9. The summed E-state index contributed by atoms with van der Waals surface area (Å²) in [4.78, 5) is 29.6. The van der Waals surface area contributed by atoms with E-state index in [0.29, 0.717) is 12.0 Å². The average molecular weight is 745 g/mol. The maximum absolute atomic E-state index is 15.1. The van der Waals surface area contributed by atoms with Crippen LogP contribution in [0.2, 0.25) is 0 Å². The second-order valence-corrected chi connectivity index (χ2v) is 14.7. The third-order valence-corrected chi connectivity index (χ3v) is 10.2. The van der Waals surface area contributed by atoms with Gasteiger partial charge in [-0.1, -0.05) is 47.1 Å². The van der Waals surface area contributed by atoms with Gasteiger partial charge in [0.1, 0.15) is 57.0 Å². The van der Waals surface area contributed by atoms with Crippen molar-refractivity contribution in [1.82, 2.24) is 0 Å². The molecule has 10 nitrogen and oxygen atoms in total. The molecule has 0 saturated heterocycles. The number of fused-ring (bicyclic) bond motifs is 1. The van der Waals surface area contributed by atoms with Gasteiger partial charge in [0, 0.05) is 40.7 Å². The van der Waals surface area contributed by atoms with Gasteiger partial charge in [0.15, 0.2) is 5.78 Å². The molecule has 1 aliphatic rings. The van der Waals surface area contributed by atoms with Crippen LogP contribution in [-0.4, -0.2) is 41.5 Å². The molecule has 10 heteroatoms. The molecule has 0 spiro atoms. The van der Waals surface area contributed by atoms with E-state index in [1.165, 1.54) is 36.4 Å². The van der Waals surface area contributed by atoms with Crippen LogP contribution in [0.5, 0.6) is 40.2 Å². The minimum absolute atomic E-state index is 0.0161. The van der Waals surface area contributed by atoms with Crippen LogP contribution in [-0.2, 0) is 12.8 Å². The molecule has 4 aromatic carbocycles. The van der Waals surface area contributed by atoms with E-state index >= 15 is 4.79 Å². The highest BCUT2D eigenvalue weighted by atomic mass is 16.3. The summed E-state index contributed by atoms with van der Waals surface area (Å²) in [5.41, 5.74) is 2.78. The van der Waals surface area contributed by atoms with Gasteiger partial charge in [-0.3, -0.25) is 9.59 Å². The lowest BCUT2D eigenvalue weighted by Crippen LogP contribution is -2.32. The maximum atomic E-state index is 15.1. The van der Waals surface area contributed by atoms with Gasteiger partial charge < -0.3 is 40.2 Å². The number of carbonyl (C=O) groups excluding carboxylic acids is 1. The summed E-state index contributed by atoms with van der Waals surface area (Å²) in [6.45, 7) is 9.31. The van der Waals surface area contributed by atoms with Crippen molar-refractivity contribution in [3.8, 4) is 51.6 Å². The van der Waals surface area contributed by atoms with Gasteiger partial charge in [-0.25, -0.2) is 0 Å². The molecule has 1 aromatic heterocycles. The molecule has 0 bridgehead atoms. The van der Waals surface area contributed by atoms with Crippen LogP contribution in [0, 0.1) is 5.92 Å². The number of carbonyl (C=O) groups is 1. The van der Waals surface area contributed by atoms with Crippen molar-refractivity contribution < 1.29 is 45.0 Å². The SMILES string of the molecule is CC(C)=CCc1c(O)ccc(C(=O)C2C(c3c(O)cc(O)c4c(=O)c(CC=C(C)C)c(-c5ccc(O)cc5O)oc34)C=C(C)CC2c2ccc(O)cc2)c1O. The number of rotatable bonds is 9. The van der Waals surface area contributed by atoms with Gasteiger partial charge in [-0.05, 0) is 102 Å². The maximum Gasteiger partial charge on any atom is 0.200 e. The summed E-state index contributed by atoms with van der Waals surface area (Å²) in [7, 11) is 0. The molecule has 0 amide bonds. The third-order valence-electron chi connectivity index (χ3n) is 10.2.